The van der Waals surface area contributed by atoms with Crippen molar-refractivity contribution >= 4 is 40.4 Å². The number of benzene rings is 2. The van der Waals surface area contributed by atoms with E-state index < -0.39 is 0 Å². The minimum Gasteiger partial charge on any atom is -0.494 e. The van der Waals surface area contributed by atoms with E-state index in [1.807, 2.05) is 52.0 Å². The van der Waals surface area contributed by atoms with Crippen molar-refractivity contribution in [1.82, 2.24) is 15.0 Å². The van der Waals surface area contributed by atoms with Crippen LogP contribution in [0.15, 0.2) is 30.6 Å². The fraction of sp³-hybridized carbons (Fsp3) is 0.269. The number of aromatic amines is 1. The van der Waals surface area contributed by atoms with Gasteiger partial charge in [-0.05, 0) is 75.4 Å². The van der Waals surface area contributed by atoms with Gasteiger partial charge in [-0.25, -0.2) is 9.97 Å². The van der Waals surface area contributed by atoms with Crippen LogP contribution >= 0.6 is 23.2 Å². The van der Waals surface area contributed by atoms with Crippen molar-refractivity contribution in [2.24, 2.45) is 0 Å². The third-order valence-corrected chi connectivity index (χ3v) is 6.82. The number of ether oxygens (including phenoxy) is 1. The van der Waals surface area contributed by atoms with Gasteiger partial charge in [0.05, 0.1) is 22.8 Å². The van der Waals surface area contributed by atoms with Gasteiger partial charge in [0.15, 0.2) is 6.29 Å². The van der Waals surface area contributed by atoms with Crippen LogP contribution < -0.4 is 4.74 Å². The predicted octanol–water partition coefficient (Wildman–Crippen LogP) is 6.99. The molecule has 0 aliphatic heterocycles. The number of fused-ring (bicyclic) bond motifs is 1. The summed E-state index contributed by atoms with van der Waals surface area (Å²) >= 11 is 12.9. The molecule has 2 aromatic heterocycles. The first-order chi connectivity index (χ1) is 15.8. The Bertz CT molecular complexity index is 1320. The summed E-state index contributed by atoms with van der Waals surface area (Å²) in [4.78, 5) is 23.9. The Balaban J connectivity index is 1.63. The molecule has 4 aromatic rings. The summed E-state index contributed by atoms with van der Waals surface area (Å²) in [6.45, 7) is 8.32. The highest BCUT2D eigenvalue weighted by molar-refractivity contribution is 6.35. The SMILES string of the molecule is Cc1cc(OCCCc2c(C=O)[nH]c3c(-c4c(C)ncnc4C)c(Cl)ccc23)cc(C)c1Cl. The summed E-state index contributed by atoms with van der Waals surface area (Å²) in [7, 11) is 0. The molecule has 33 heavy (non-hydrogen) atoms. The van der Waals surface area contributed by atoms with E-state index in [-0.39, 0.29) is 0 Å². The summed E-state index contributed by atoms with van der Waals surface area (Å²) in [6, 6.07) is 7.71. The van der Waals surface area contributed by atoms with E-state index in [9.17, 15) is 4.79 Å². The molecule has 5 nitrogen and oxygen atoms in total. The fourth-order valence-electron chi connectivity index (χ4n) is 4.31. The minimum atomic E-state index is 0.524. The van der Waals surface area contributed by atoms with Gasteiger partial charge in [-0.3, -0.25) is 4.79 Å². The third-order valence-electron chi connectivity index (χ3n) is 5.91. The number of halogens is 2. The fourth-order valence-corrected chi connectivity index (χ4v) is 4.67. The molecule has 0 spiro atoms. The number of carbonyl (C=O) groups excluding carboxylic acids is 1. The zero-order chi connectivity index (χ0) is 23.7. The number of carbonyl (C=O) groups is 1. The van der Waals surface area contributed by atoms with Crippen LogP contribution in [0.4, 0.5) is 0 Å². The van der Waals surface area contributed by atoms with Crippen LogP contribution in [0.25, 0.3) is 22.0 Å². The molecule has 1 N–H and O–H groups in total. The van der Waals surface area contributed by atoms with Crippen LogP contribution in [0.2, 0.25) is 10.0 Å². The van der Waals surface area contributed by atoms with Crippen molar-refractivity contribution < 1.29 is 9.53 Å². The van der Waals surface area contributed by atoms with Crippen molar-refractivity contribution in [3.63, 3.8) is 0 Å². The molecular formula is C26H25Cl2N3O2. The summed E-state index contributed by atoms with van der Waals surface area (Å²) in [5.41, 5.74) is 7.70. The zero-order valence-electron chi connectivity index (χ0n) is 19.1. The lowest BCUT2D eigenvalue weighted by atomic mass is 9.98. The van der Waals surface area contributed by atoms with Gasteiger partial charge < -0.3 is 9.72 Å². The van der Waals surface area contributed by atoms with Crippen molar-refractivity contribution in [3.8, 4) is 16.9 Å². The zero-order valence-corrected chi connectivity index (χ0v) is 20.6. The molecule has 0 amide bonds. The molecule has 4 rings (SSSR count). The molecule has 2 aromatic carbocycles. The average Bonchev–Trinajstić information content (AvgIpc) is 3.13. The summed E-state index contributed by atoms with van der Waals surface area (Å²) in [5.74, 6) is 0.799. The normalized spacial score (nSPS) is 11.2. The van der Waals surface area contributed by atoms with E-state index in [0.717, 1.165) is 73.6 Å². The number of aryl methyl sites for hydroxylation is 5. The number of nitrogens with zero attached hydrogens (tertiary/aromatic N) is 2. The van der Waals surface area contributed by atoms with Crippen LogP contribution in [-0.4, -0.2) is 27.8 Å². The van der Waals surface area contributed by atoms with Crippen molar-refractivity contribution in [3.05, 3.63) is 74.4 Å². The first-order valence-electron chi connectivity index (χ1n) is 10.8. The smallest absolute Gasteiger partial charge is 0.166 e. The first-order valence-corrected chi connectivity index (χ1v) is 11.5. The molecule has 7 heteroatoms. The van der Waals surface area contributed by atoms with E-state index in [2.05, 4.69) is 15.0 Å². The molecule has 0 aliphatic rings. The maximum atomic E-state index is 11.9. The second kappa shape index (κ2) is 9.54. The minimum absolute atomic E-state index is 0.524. The maximum absolute atomic E-state index is 11.9. The molecule has 0 fully saturated rings. The summed E-state index contributed by atoms with van der Waals surface area (Å²) in [6.07, 6.45) is 3.84. The lowest BCUT2D eigenvalue weighted by Gasteiger charge is -2.12. The molecule has 0 atom stereocenters. The Labute approximate surface area is 203 Å². The molecular weight excluding hydrogens is 457 g/mol. The van der Waals surface area contributed by atoms with Gasteiger partial charge >= 0.3 is 0 Å². The van der Waals surface area contributed by atoms with Crippen LogP contribution in [-0.2, 0) is 6.42 Å². The largest absolute Gasteiger partial charge is 0.494 e. The highest BCUT2D eigenvalue weighted by Gasteiger charge is 2.20. The third kappa shape index (κ3) is 4.48. The number of aldehydes is 1. The van der Waals surface area contributed by atoms with Gasteiger partial charge in [-0.15, -0.1) is 0 Å². The maximum Gasteiger partial charge on any atom is 0.166 e. The Morgan fingerprint density at radius 2 is 1.67 bits per heavy atom. The van der Waals surface area contributed by atoms with Crippen molar-refractivity contribution in [1.29, 1.82) is 0 Å². The Hall–Kier alpha value is -2.89. The number of rotatable bonds is 7. The lowest BCUT2D eigenvalue weighted by Crippen LogP contribution is -2.01. The highest BCUT2D eigenvalue weighted by atomic mass is 35.5. The number of nitrogens with one attached hydrogen (secondary N) is 1. The van der Waals surface area contributed by atoms with Crippen molar-refractivity contribution in [2.75, 3.05) is 6.61 Å². The second-order valence-corrected chi connectivity index (χ2v) is 9.01. The van der Waals surface area contributed by atoms with Gasteiger partial charge in [0.2, 0.25) is 0 Å². The Kier molecular flexibility index (Phi) is 6.73. The van der Waals surface area contributed by atoms with Gasteiger partial charge in [-0.2, -0.15) is 0 Å². The molecule has 0 saturated heterocycles. The van der Waals surface area contributed by atoms with E-state index in [4.69, 9.17) is 27.9 Å². The molecule has 0 bridgehead atoms. The standard InChI is InChI=1S/C26H25Cl2N3O2/c1-14-10-18(11-15(2)25(14)28)33-9-5-6-19-20-7-8-21(27)24(26(20)31-22(19)12-32)23-16(3)29-13-30-17(23)4/h7-8,10-13,31H,5-6,9H2,1-4H3. The van der Waals surface area contributed by atoms with E-state index in [1.54, 1.807) is 6.33 Å². The first kappa shape index (κ1) is 23.3. The molecule has 0 aliphatic carbocycles. The van der Waals surface area contributed by atoms with Gasteiger partial charge in [-0.1, -0.05) is 29.3 Å². The quantitative estimate of drug-likeness (QED) is 0.228. The lowest BCUT2D eigenvalue weighted by molar-refractivity contribution is 0.111. The Morgan fingerprint density at radius 1 is 1.00 bits per heavy atom. The molecule has 2 heterocycles. The van der Waals surface area contributed by atoms with E-state index >= 15 is 0 Å². The molecule has 0 saturated carbocycles. The topological polar surface area (TPSA) is 67.9 Å². The molecule has 0 unspecified atom stereocenters. The van der Waals surface area contributed by atoms with Crippen LogP contribution in [0.3, 0.4) is 0 Å². The van der Waals surface area contributed by atoms with Gasteiger partial charge in [0.1, 0.15) is 12.1 Å². The Morgan fingerprint density at radius 3 is 2.30 bits per heavy atom. The van der Waals surface area contributed by atoms with Crippen molar-refractivity contribution in [2.45, 2.75) is 40.5 Å². The monoisotopic (exact) mass is 481 g/mol. The van der Waals surface area contributed by atoms with E-state index in [0.29, 0.717) is 23.7 Å². The molecule has 170 valence electrons. The van der Waals surface area contributed by atoms with Gasteiger partial charge in [0, 0.05) is 32.9 Å². The number of H-pyrrole nitrogens is 1. The van der Waals surface area contributed by atoms with Crippen LogP contribution in [0.1, 0.15) is 45.0 Å². The second-order valence-electron chi connectivity index (χ2n) is 8.22. The summed E-state index contributed by atoms with van der Waals surface area (Å²) in [5, 5.41) is 2.32. The van der Waals surface area contributed by atoms with Crippen LogP contribution in [0, 0.1) is 27.7 Å². The number of hydrogen-bond donors (Lipinski definition) is 1. The van der Waals surface area contributed by atoms with Crippen LogP contribution in [0.5, 0.6) is 5.75 Å². The van der Waals surface area contributed by atoms with Gasteiger partial charge in [0.25, 0.3) is 0 Å². The molecule has 0 radical (unpaired) electrons. The number of hydrogen-bond acceptors (Lipinski definition) is 4. The average molecular weight is 482 g/mol. The predicted molar refractivity (Wildman–Crippen MR) is 134 cm³/mol. The number of aromatic nitrogens is 3. The highest BCUT2D eigenvalue weighted by Crippen LogP contribution is 2.39. The van der Waals surface area contributed by atoms with E-state index in [1.165, 1.54) is 0 Å². The summed E-state index contributed by atoms with van der Waals surface area (Å²) < 4.78 is 5.96.